The third-order valence-electron chi connectivity index (χ3n) is 3.80. The monoisotopic (exact) mass is 272 g/mol. The summed E-state index contributed by atoms with van der Waals surface area (Å²) in [4.78, 5) is 24.8. The van der Waals surface area contributed by atoms with Crippen LogP contribution in [0, 0.1) is 5.41 Å². The highest BCUT2D eigenvalue weighted by Gasteiger charge is 2.38. The number of methoxy groups -OCH3 is 1. The van der Waals surface area contributed by atoms with E-state index in [0.717, 1.165) is 6.42 Å². The minimum absolute atomic E-state index is 0.0558. The maximum Gasteiger partial charge on any atom is 0.317 e. The number of likely N-dealkylation sites (tertiary alicyclic amines) is 1. The zero-order valence-corrected chi connectivity index (χ0v) is 11.9. The van der Waals surface area contributed by atoms with E-state index in [1.807, 2.05) is 6.92 Å². The van der Waals surface area contributed by atoms with Crippen molar-refractivity contribution in [3.05, 3.63) is 0 Å². The van der Waals surface area contributed by atoms with E-state index in [-0.39, 0.29) is 12.1 Å². The van der Waals surface area contributed by atoms with E-state index in [1.54, 1.807) is 18.9 Å². The van der Waals surface area contributed by atoms with E-state index >= 15 is 0 Å². The fourth-order valence-corrected chi connectivity index (χ4v) is 2.09. The van der Waals surface area contributed by atoms with E-state index < -0.39 is 11.4 Å². The Morgan fingerprint density at radius 1 is 1.42 bits per heavy atom. The first-order chi connectivity index (χ1) is 8.89. The quantitative estimate of drug-likeness (QED) is 0.791. The molecule has 2 amide bonds. The summed E-state index contributed by atoms with van der Waals surface area (Å²) in [5.41, 5.74) is -0.696. The molecule has 1 heterocycles. The van der Waals surface area contributed by atoms with Gasteiger partial charge in [0.25, 0.3) is 0 Å². The molecule has 0 aromatic heterocycles. The van der Waals surface area contributed by atoms with E-state index in [9.17, 15) is 9.59 Å². The average Bonchev–Trinajstić information content (AvgIpc) is 2.36. The molecule has 1 unspecified atom stereocenters. The van der Waals surface area contributed by atoms with Crippen LogP contribution in [0.3, 0.4) is 0 Å². The van der Waals surface area contributed by atoms with Gasteiger partial charge in [-0.3, -0.25) is 4.79 Å². The number of carbonyl (C=O) groups excluding carboxylic acids is 1. The standard InChI is InChI=1S/C13H24N2O4/c1-10(4-9-19-3)14-12(18)15-7-5-13(2,6-8-15)11(16)17/h10H,4-9H2,1-3H3,(H,14,18)(H,16,17). The predicted octanol–water partition coefficient (Wildman–Crippen LogP) is 1.31. The van der Waals surface area contributed by atoms with Gasteiger partial charge < -0.3 is 20.1 Å². The van der Waals surface area contributed by atoms with Crippen molar-refractivity contribution >= 4 is 12.0 Å². The predicted molar refractivity (Wildman–Crippen MR) is 71.0 cm³/mol. The molecule has 0 saturated carbocycles. The Kier molecular flexibility index (Phi) is 5.60. The van der Waals surface area contributed by atoms with Crippen LogP contribution in [-0.4, -0.2) is 54.9 Å². The fourth-order valence-electron chi connectivity index (χ4n) is 2.09. The van der Waals surface area contributed by atoms with Crippen molar-refractivity contribution in [1.29, 1.82) is 0 Å². The van der Waals surface area contributed by atoms with Crippen molar-refractivity contribution in [2.75, 3.05) is 26.8 Å². The molecule has 0 radical (unpaired) electrons. The van der Waals surface area contributed by atoms with Gasteiger partial charge in [-0.2, -0.15) is 0 Å². The maximum absolute atomic E-state index is 12.0. The van der Waals surface area contributed by atoms with E-state index in [4.69, 9.17) is 9.84 Å². The highest BCUT2D eigenvalue weighted by Crippen LogP contribution is 2.30. The van der Waals surface area contributed by atoms with Gasteiger partial charge in [-0.1, -0.05) is 0 Å². The number of ether oxygens (including phenoxy) is 1. The molecule has 0 aromatic carbocycles. The molecule has 1 aliphatic heterocycles. The van der Waals surface area contributed by atoms with Gasteiger partial charge in [-0.15, -0.1) is 0 Å². The van der Waals surface area contributed by atoms with Crippen LogP contribution in [0.4, 0.5) is 4.79 Å². The normalized spacial score (nSPS) is 19.8. The van der Waals surface area contributed by atoms with Crippen LogP contribution in [0.1, 0.15) is 33.1 Å². The van der Waals surface area contributed by atoms with Gasteiger partial charge in [-0.05, 0) is 33.1 Å². The molecule has 1 fully saturated rings. The van der Waals surface area contributed by atoms with Gasteiger partial charge in [-0.25, -0.2) is 4.79 Å². The largest absolute Gasteiger partial charge is 0.481 e. The number of hydrogen-bond donors (Lipinski definition) is 2. The van der Waals surface area contributed by atoms with Crippen LogP contribution in [0.2, 0.25) is 0 Å². The number of hydrogen-bond acceptors (Lipinski definition) is 3. The number of carboxylic acids is 1. The van der Waals surface area contributed by atoms with Gasteiger partial charge in [0, 0.05) is 32.8 Å². The second kappa shape index (κ2) is 6.75. The molecule has 0 aromatic rings. The summed E-state index contributed by atoms with van der Waals surface area (Å²) in [6.45, 7) is 5.27. The van der Waals surface area contributed by atoms with Gasteiger partial charge in [0.15, 0.2) is 0 Å². The van der Waals surface area contributed by atoms with Crippen LogP contribution in [0.5, 0.6) is 0 Å². The summed E-state index contributed by atoms with van der Waals surface area (Å²) in [6, 6.07) is -0.0590. The molecule has 1 saturated heterocycles. The highest BCUT2D eigenvalue weighted by atomic mass is 16.5. The number of piperidine rings is 1. The molecule has 1 rings (SSSR count). The molecule has 110 valence electrons. The van der Waals surface area contributed by atoms with Crippen molar-refractivity contribution in [1.82, 2.24) is 10.2 Å². The van der Waals surface area contributed by atoms with Crippen LogP contribution in [0.25, 0.3) is 0 Å². The fraction of sp³-hybridized carbons (Fsp3) is 0.846. The Bertz CT molecular complexity index is 325. The van der Waals surface area contributed by atoms with Crippen LogP contribution in [0.15, 0.2) is 0 Å². The smallest absolute Gasteiger partial charge is 0.317 e. The number of nitrogens with zero attached hydrogens (tertiary/aromatic N) is 1. The van der Waals surface area contributed by atoms with E-state index in [1.165, 1.54) is 0 Å². The number of aliphatic carboxylic acids is 1. The van der Waals surface area contributed by atoms with Crippen molar-refractivity contribution in [2.45, 2.75) is 39.2 Å². The summed E-state index contributed by atoms with van der Waals surface area (Å²) < 4.78 is 4.96. The minimum Gasteiger partial charge on any atom is -0.481 e. The van der Waals surface area contributed by atoms with Crippen molar-refractivity contribution in [3.8, 4) is 0 Å². The van der Waals surface area contributed by atoms with Gasteiger partial charge in [0.05, 0.1) is 5.41 Å². The SMILES string of the molecule is COCCC(C)NC(=O)N1CCC(C)(C(=O)O)CC1. The second-order valence-corrected chi connectivity index (χ2v) is 5.48. The lowest BCUT2D eigenvalue weighted by atomic mass is 9.80. The van der Waals surface area contributed by atoms with Crippen molar-refractivity contribution in [3.63, 3.8) is 0 Å². The maximum atomic E-state index is 12.0. The summed E-state index contributed by atoms with van der Waals surface area (Å²) >= 11 is 0. The van der Waals surface area contributed by atoms with Crippen LogP contribution >= 0.6 is 0 Å². The topological polar surface area (TPSA) is 78.9 Å². The molecular weight excluding hydrogens is 248 g/mol. The Hall–Kier alpha value is -1.30. The first-order valence-electron chi connectivity index (χ1n) is 6.67. The minimum atomic E-state index is -0.777. The lowest BCUT2D eigenvalue weighted by molar-refractivity contribution is -0.150. The lowest BCUT2D eigenvalue weighted by Crippen LogP contribution is -2.50. The second-order valence-electron chi connectivity index (χ2n) is 5.48. The van der Waals surface area contributed by atoms with E-state index in [0.29, 0.717) is 32.5 Å². The van der Waals surface area contributed by atoms with Gasteiger partial charge in [0.2, 0.25) is 0 Å². The number of nitrogens with one attached hydrogen (secondary N) is 1. The molecule has 0 aliphatic carbocycles. The van der Waals surface area contributed by atoms with Crippen molar-refractivity contribution in [2.24, 2.45) is 5.41 Å². The Morgan fingerprint density at radius 3 is 2.47 bits per heavy atom. The number of rotatable bonds is 5. The molecule has 6 heteroatoms. The zero-order chi connectivity index (χ0) is 14.5. The average molecular weight is 272 g/mol. The summed E-state index contributed by atoms with van der Waals surface area (Å²) in [6.07, 6.45) is 1.77. The third kappa shape index (κ3) is 4.38. The van der Waals surface area contributed by atoms with Gasteiger partial charge in [0.1, 0.15) is 0 Å². The first kappa shape index (κ1) is 15.8. The highest BCUT2D eigenvalue weighted by molar-refractivity contribution is 5.77. The molecule has 1 atom stereocenters. The molecule has 6 nitrogen and oxygen atoms in total. The summed E-state index contributed by atoms with van der Waals surface area (Å²) in [7, 11) is 1.63. The summed E-state index contributed by atoms with van der Waals surface area (Å²) in [5.74, 6) is -0.777. The van der Waals surface area contributed by atoms with Crippen LogP contribution in [-0.2, 0) is 9.53 Å². The van der Waals surface area contributed by atoms with Crippen LogP contribution < -0.4 is 5.32 Å². The lowest BCUT2D eigenvalue weighted by Gasteiger charge is -2.36. The molecule has 19 heavy (non-hydrogen) atoms. The molecule has 1 aliphatic rings. The Labute approximate surface area is 114 Å². The zero-order valence-electron chi connectivity index (χ0n) is 11.9. The van der Waals surface area contributed by atoms with Gasteiger partial charge >= 0.3 is 12.0 Å². The molecule has 0 bridgehead atoms. The van der Waals surface area contributed by atoms with E-state index in [2.05, 4.69) is 5.32 Å². The summed E-state index contributed by atoms with van der Waals surface area (Å²) in [5, 5.41) is 12.0. The molecule has 0 spiro atoms. The Morgan fingerprint density at radius 2 is 2.00 bits per heavy atom. The molecular formula is C13H24N2O4. The Balaban J connectivity index is 2.38. The number of urea groups is 1. The number of carbonyl (C=O) groups is 2. The van der Waals surface area contributed by atoms with Crippen molar-refractivity contribution < 1.29 is 19.4 Å². The third-order valence-corrected chi connectivity index (χ3v) is 3.80. The number of amides is 2. The molecule has 2 N–H and O–H groups in total. The first-order valence-corrected chi connectivity index (χ1v) is 6.67. The number of carboxylic acid groups (broad SMARTS) is 1.